The van der Waals surface area contributed by atoms with E-state index in [1.807, 2.05) is 6.92 Å². The Morgan fingerprint density at radius 1 is 1.75 bits per heavy atom. The molecule has 0 fully saturated rings. The Balaban J connectivity index is 3.04. The number of hydrogen-bond acceptors (Lipinski definition) is 3. The van der Waals surface area contributed by atoms with Crippen LogP contribution in [-0.2, 0) is 7.05 Å². The Hall–Kier alpha value is -1.16. The van der Waals surface area contributed by atoms with Gasteiger partial charge in [0.1, 0.15) is 0 Å². The average molecular weight is 167 g/mol. The van der Waals surface area contributed by atoms with Crippen LogP contribution in [0.4, 0.5) is 0 Å². The second-order valence-corrected chi connectivity index (χ2v) is 2.92. The lowest BCUT2D eigenvalue weighted by atomic mass is 10.1. The van der Waals surface area contributed by atoms with Gasteiger partial charge in [0.15, 0.2) is 5.78 Å². The van der Waals surface area contributed by atoms with Gasteiger partial charge in [-0.05, 0) is 13.8 Å². The lowest BCUT2D eigenvalue weighted by Gasteiger charge is -2.02. The maximum absolute atomic E-state index is 11.4. The summed E-state index contributed by atoms with van der Waals surface area (Å²) in [5.41, 5.74) is 6.94. The van der Waals surface area contributed by atoms with Crippen molar-refractivity contribution in [2.75, 3.05) is 0 Å². The van der Waals surface area contributed by atoms with E-state index in [4.69, 9.17) is 5.73 Å². The van der Waals surface area contributed by atoms with Crippen LogP contribution in [-0.4, -0.2) is 21.6 Å². The Kier molecular flexibility index (Phi) is 2.28. The Bertz CT molecular complexity index is 301. The van der Waals surface area contributed by atoms with Gasteiger partial charge in [0.05, 0.1) is 17.8 Å². The first-order valence-corrected chi connectivity index (χ1v) is 3.82. The van der Waals surface area contributed by atoms with E-state index in [9.17, 15) is 4.79 Å². The van der Waals surface area contributed by atoms with Gasteiger partial charge in [-0.15, -0.1) is 0 Å². The molecule has 0 spiro atoms. The molecular weight excluding hydrogens is 154 g/mol. The number of Topliss-reactive ketones (excluding diaryl/α,β-unsaturated/α-hetero) is 1. The van der Waals surface area contributed by atoms with Crippen molar-refractivity contribution in [1.82, 2.24) is 9.78 Å². The van der Waals surface area contributed by atoms with Gasteiger partial charge >= 0.3 is 0 Å². The fraction of sp³-hybridized carbons (Fsp3) is 0.500. The first-order valence-electron chi connectivity index (χ1n) is 3.82. The third-order valence-corrected chi connectivity index (χ3v) is 1.91. The molecule has 1 unspecified atom stereocenters. The summed E-state index contributed by atoms with van der Waals surface area (Å²) in [4.78, 5) is 11.4. The normalized spacial score (nSPS) is 13.0. The summed E-state index contributed by atoms with van der Waals surface area (Å²) in [7, 11) is 1.80. The van der Waals surface area contributed by atoms with Crippen molar-refractivity contribution in [3.05, 3.63) is 17.5 Å². The zero-order valence-electron chi connectivity index (χ0n) is 7.53. The molecule has 1 atom stereocenters. The fourth-order valence-electron chi connectivity index (χ4n) is 0.986. The molecule has 0 aliphatic rings. The highest BCUT2D eigenvalue weighted by Crippen LogP contribution is 2.07. The van der Waals surface area contributed by atoms with Crippen molar-refractivity contribution in [3.63, 3.8) is 0 Å². The molecule has 1 aromatic rings. The minimum atomic E-state index is -0.451. The van der Waals surface area contributed by atoms with Gasteiger partial charge in [0.2, 0.25) is 0 Å². The Labute approximate surface area is 71.4 Å². The number of rotatable bonds is 2. The molecule has 0 bridgehead atoms. The molecule has 1 rings (SSSR count). The van der Waals surface area contributed by atoms with E-state index in [0.29, 0.717) is 5.56 Å². The minimum absolute atomic E-state index is 0.0550. The predicted octanol–water partition coefficient (Wildman–Crippen LogP) is 0.258. The maximum Gasteiger partial charge on any atom is 0.182 e. The van der Waals surface area contributed by atoms with E-state index in [1.165, 1.54) is 0 Å². The van der Waals surface area contributed by atoms with Gasteiger partial charge < -0.3 is 5.73 Å². The number of aromatic nitrogens is 2. The van der Waals surface area contributed by atoms with Crippen LogP contribution in [0.25, 0.3) is 0 Å². The van der Waals surface area contributed by atoms with Crippen molar-refractivity contribution in [3.8, 4) is 0 Å². The minimum Gasteiger partial charge on any atom is -0.321 e. The van der Waals surface area contributed by atoms with Crippen LogP contribution in [0, 0.1) is 6.92 Å². The van der Waals surface area contributed by atoms with Crippen molar-refractivity contribution in [2.45, 2.75) is 19.9 Å². The van der Waals surface area contributed by atoms with Gasteiger partial charge in [-0.1, -0.05) is 0 Å². The van der Waals surface area contributed by atoms with Crippen LogP contribution in [0.15, 0.2) is 6.20 Å². The molecule has 0 aromatic carbocycles. The molecule has 4 nitrogen and oxygen atoms in total. The highest BCUT2D eigenvalue weighted by atomic mass is 16.1. The highest BCUT2D eigenvalue weighted by Gasteiger charge is 2.15. The largest absolute Gasteiger partial charge is 0.321 e. The zero-order chi connectivity index (χ0) is 9.30. The van der Waals surface area contributed by atoms with Gasteiger partial charge in [-0.3, -0.25) is 9.48 Å². The van der Waals surface area contributed by atoms with Crippen LogP contribution in [0.3, 0.4) is 0 Å². The summed E-state index contributed by atoms with van der Waals surface area (Å²) in [6.45, 7) is 3.53. The quantitative estimate of drug-likeness (QED) is 0.642. The molecule has 0 aliphatic heterocycles. The van der Waals surface area contributed by atoms with Gasteiger partial charge in [0, 0.05) is 12.7 Å². The predicted molar refractivity (Wildman–Crippen MR) is 45.9 cm³/mol. The summed E-state index contributed by atoms with van der Waals surface area (Å²) in [6.07, 6.45) is 1.56. The number of carbonyl (C=O) groups is 1. The molecular formula is C8H13N3O. The first kappa shape index (κ1) is 8.93. The van der Waals surface area contributed by atoms with Gasteiger partial charge in [-0.2, -0.15) is 5.10 Å². The fourth-order valence-corrected chi connectivity index (χ4v) is 0.986. The van der Waals surface area contributed by atoms with Crippen molar-refractivity contribution in [2.24, 2.45) is 12.8 Å². The number of carbonyl (C=O) groups excluding carboxylic acids is 1. The van der Waals surface area contributed by atoms with Crippen LogP contribution in [0.2, 0.25) is 0 Å². The van der Waals surface area contributed by atoms with Crippen molar-refractivity contribution < 1.29 is 4.79 Å². The molecule has 0 amide bonds. The number of aryl methyl sites for hydroxylation is 1. The van der Waals surface area contributed by atoms with Crippen LogP contribution in [0.5, 0.6) is 0 Å². The van der Waals surface area contributed by atoms with Gasteiger partial charge in [-0.25, -0.2) is 0 Å². The van der Waals surface area contributed by atoms with Crippen LogP contribution >= 0.6 is 0 Å². The summed E-state index contributed by atoms with van der Waals surface area (Å²) in [5, 5.41) is 3.96. The van der Waals surface area contributed by atoms with E-state index in [0.717, 1.165) is 5.69 Å². The van der Waals surface area contributed by atoms with E-state index < -0.39 is 6.04 Å². The number of ketones is 1. The molecule has 66 valence electrons. The molecule has 4 heteroatoms. The first-order chi connectivity index (χ1) is 5.54. The van der Waals surface area contributed by atoms with Crippen LogP contribution < -0.4 is 5.73 Å². The summed E-state index contributed by atoms with van der Waals surface area (Å²) >= 11 is 0. The molecule has 0 aliphatic carbocycles. The molecule has 0 saturated heterocycles. The van der Waals surface area contributed by atoms with E-state index >= 15 is 0 Å². The lowest BCUT2D eigenvalue weighted by Crippen LogP contribution is -2.26. The number of hydrogen-bond donors (Lipinski definition) is 1. The zero-order valence-corrected chi connectivity index (χ0v) is 7.53. The molecule has 0 radical (unpaired) electrons. The van der Waals surface area contributed by atoms with Crippen LogP contribution in [0.1, 0.15) is 23.0 Å². The molecule has 0 saturated carbocycles. The maximum atomic E-state index is 11.4. The Morgan fingerprint density at radius 3 is 2.67 bits per heavy atom. The van der Waals surface area contributed by atoms with Crippen molar-refractivity contribution >= 4 is 5.78 Å². The Morgan fingerprint density at radius 2 is 2.33 bits per heavy atom. The SMILES string of the molecule is Cc1c(C(=O)C(C)N)cnn1C. The third-order valence-electron chi connectivity index (χ3n) is 1.91. The molecule has 12 heavy (non-hydrogen) atoms. The second-order valence-electron chi connectivity index (χ2n) is 2.92. The smallest absolute Gasteiger partial charge is 0.182 e. The summed E-state index contributed by atoms with van der Waals surface area (Å²) < 4.78 is 1.66. The summed E-state index contributed by atoms with van der Waals surface area (Å²) in [5.74, 6) is -0.0550. The van der Waals surface area contributed by atoms with E-state index in [2.05, 4.69) is 5.10 Å². The standard InChI is InChI=1S/C8H13N3O/c1-5(9)8(12)7-4-10-11(3)6(7)2/h4-5H,9H2,1-3H3. The second kappa shape index (κ2) is 3.06. The molecule has 2 N–H and O–H groups in total. The third kappa shape index (κ3) is 1.38. The highest BCUT2D eigenvalue weighted by molar-refractivity contribution is 6.00. The van der Waals surface area contributed by atoms with Crippen molar-refractivity contribution in [1.29, 1.82) is 0 Å². The van der Waals surface area contributed by atoms with E-state index in [-0.39, 0.29) is 5.78 Å². The van der Waals surface area contributed by atoms with Gasteiger partial charge in [0.25, 0.3) is 0 Å². The average Bonchev–Trinajstić information content (AvgIpc) is 2.32. The molecule has 1 heterocycles. The topological polar surface area (TPSA) is 60.9 Å². The summed E-state index contributed by atoms with van der Waals surface area (Å²) in [6, 6.07) is -0.451. The lowest BCUT2D eigenvalue weighted by molar-refractivity contribution is 0.0967. The van der Waals surface area contributed by atoms with E-state index in [1.54, 1.807) is 24.9 Å². The molecule has 1 aromatic heterocycles. The number of nitrogens with zero attached hydrogens (tertiary/aromatic N) is 2. The number of nitrogens with two attached hydrogens (primary N) is 1. The monoisotopic (exact) mass is 167 g/mol.